The van der Waals surface area contributed by atoms with Crippen molar-refractivity contribution in [2.24, 2.45) is 0 Å². The topological polar surface area (TPSA) is 83.8 Å². The molecule has 1 atom stereocenters. The van der Waals surface area contributed by atoms with E-state index in [0.717, 1.165) is 11.6 Å². The lowest BCUT2D eigenvalue weighted by Gasteiger charge is -2.04. The number of phenols is 1. The summed E-state index contributed by atoms with van der Waals surface area (Å²) in [5, 5.41) is 19.3. The van der Waals surface area contributed by atoms with Crippen LogP contribution in [0.3, 0.4) is 0 Å². The molecule has 0 spiro atoms. The number of carbonyl (C=O) groups excluding carboxylic acids is 2. The number of ketones is 2. The molecule has 2 rings (SSSR count). The molecular formula is C20H18O5. The number of methoxy groups -OCH3 is 1. The molecule has 0 fully saturated rings. The summed E-state index contributed by atoms with van der Waals surface area (Å²) in [5.74, 6) is -1.18. The van der Waals surface area contributed by atoms with Crippen LogP contribution in [-0.2, 0) is 9.59 Å². The lowest BCUT2D eigenvalue weighted by Crippen LogP contribution is -2.26. The minimum absolute atomic E-state index is 0.0211. The van der Waals surface area contributed by atoms with Crippen molar-refractivity contribution in [3.8, 4) is 11.5 Å². The standard InChI is InChI=1S/C20H18O5/c1-25-19-13-15(8-10-16(19)21)9-12-18(23)20(24)17(22)11-7-14-5-3-2-4-6-14/h2-13,20-21,24H,1H3. The largest absolute Gasteiger partial charge is 0.504 e. The van der Waals surface area contributed by atoms with Crippen LogP contribution < -0.4 is 4.74 Å². The summed E-state index contributed by atoms with van der Waals surface area (Å²) in [6, 6.07) is 13.6. The van der Waals surface area contributed by atoms with Crippen molar-refractivity contribution in [3.05, 3.63) is 71.8 Å². The highest BCUT2D eigenvalue weighted by Crippen LogP contribution is 2.26. The zero-order valence-corrected chi connectivity index (χ0v) is 13.6. The van der Waals surface area contributed by atoms with Crippen LogP contribution in [0.1, 0.15) is 11.1 Å². The second kappa shape index (κ2) is 8.61. The molecule has 25 heavy (non-hydrogen) atoms. The van der Waals surface area contributed by atoms with Gasteiger partial charge in [-0.1, -0.05) is 48.6 Å². The number of hydrogen-bond acceptors (Lipinski definition) is 5. The summed E-state index contributed by atoms with van der Waals surface area (Å²) in [6.07, 6.45) is 3.50. The number of aromatic hydroxyl groups is 1. The van der Waals surface area contributed by atoms with Crippen molar-refractivity contribution in [1.29, 1.82) is 0 Å². The molecule has 0 aliphatic carbocycles. The normalized spacial score (nSPS) is 12.4. The van der Waals surface area contributed by atoms with Crippen LogP contribution in [0.15, 0.2) is 60.7 Å². The summed E-state index contributed by atoms with van der Waals surface area (Å²) in [6.45, 7) is 0. The number of ether oxygens (including phenoxy) is 1. The van der Waals surface area contributed by atoms with E-state index in [4.69, 9.17) is 4.74 Å². The molecule has 2 N–H and O–H groups in total. The van der Waals surface area contributed by atoms with E-state index in [1.165, 1.54) is 37.5 Å². The van der Waals surface area contributed by atoms with Crippen LogP contribution in [0.4, 0.5) is 0 Å². The molecular weight excluding hydrogens is 320 g/mol. The van der Waals surface area contributed by atoms with Gasteiger partial charge in [0.2, 0.25) is 0 Å². The molecule has 0 heterocycles. The Kier molecular flexibility index (Phi) is 6.26. The molecule has 0 aliphatic rings. The summed E-state index contributed by atoms with van der Waals surface area (Å²) >= 11 is 0. The Labute approximate surface area is 145 Å². The van der Waals surface area contributed by atoms with Gasteiger partial charge < -0.3 is 14.9 Å². The summed E-state index contributed by atoms with van der Waals surface area (Å²) in [7, 11) is 1.41. The van der Waals surface area contributed by atoms with Crippen LogP contribution in [0.2, 0.25) is 0 Å². The maximum atomic E-state index is 11.9. The van der Waals surface area contributed by atoms with Gasteiger partial charge in [0.05, 0.1) is 7.11 Å². The van der Waals surface area contributed by atoms with Gasteiger partial charge in [0.15, 0.2) is 29.2 Å². The number of rotatable bonds is 7. The fourth-order valence-electron chi connectivity index (χ4n) is 2.04. The lowest BCUT2D eigenvalue weighted by molar-refractivity contribution is -0.132. The molecule has 5 heteroatoms. The maximum Gasteiger partial charge on any atom is 0.192 e. The Bertz CT molecular complexity index is 806. The Morgan fingerprint density at radius 2 is 1.56 bits per heavy atom. The van der Waals surface area contributed by atoms with Crippen molar-refractivity contribution in [2.45, 2.75) is 6.10 Å². The first-order valence-corrected chi connectivity index (χ1v) is 7.55. The van der Waals surface area contributed by atoms with Crippen LogP contribution in [0, 0.1) is 0 Å². The van der Waals surface area contributed by atoms with E-state index in [0.29, 0.717) is 5.56 Å². The fraction of sp³-hybridized carbons (Fsp3) is 0.100. The molecule has 0 aromatic heterocycles. The van der Waals surface area contributed by atoms with E-state index in [1.54, 1.807) is 18.2 Å². The van der Waals surface area contributed by atoms with E-state index in [1.807, 2.05) is 18.2 Å². The van der Waals surface area contributed by atoms with Crippen molar-refractivity contribution in [1.82, 2.24) is 0 Å². The van der Waals surface area contributed by atoms with Gasteiger partial charge in [-0.2, -0.15) is 0 Å². The number of phenolic OH excluding ortho intramolecular Hbond substituents is 1. The van der Waals surface area contributed by atoms with Crippen molar-refractivity contribution in [2.75, 3.05) is 7.11 Å². The quantitative estimate of drug-likeness (QED) is 0.599. The van der Waals surface area contributed by atoms with Gasteiger partial charge in [-0.05, 0) is 35.4 Å². The van der Waals surface area contributed by atoms with E-state index in [2.05, 4.69) is 0 Å². The molecule has 0 saturated carbocycles. The fourth-order valence-corrected chi connectivity index (χ4v) is 2.04. The third-order valence-electron chi connectivity index (χ3n) is 3.42. The van der Waals surface area contributed by atoms with Crippen molar-refractivity contribution in [3.63, 3.8) is 0 Å². The summed E-state index contributed by atoms with van der Waals surface area (Å²) in [4.78, 5) is 23.8. The first-order valence-electron chi connectivity index (χ1n) is 7.55. The zero-order valence-electron chi connectivity index (χ0n) is 13.6. The smallest absolute Gasteiger partial charge is 0.192 e. The molecule has 0 bridgehead atoms. The summed E-state index contributed by atoms with van der Waals surface area (Å²) < 4.78 is 4.97. The Hall–Kier alpha value is -3.18. The zero-order chi connectivity index (χ0) is 18.2. The van der Waals surface area contributed by atoms with E-state index in [9.17, 15) is 19.8 Å². The second-order valence-electron chi connectivity index (χ2n) is 5.22. The van der Waals surface area contributed by atoms with Gasteiger partial charge in [-0.25, -0.2) is 0 Å². The van der Waals surface area contributed by atoms with Gasteiger partial charge in [-0.3, -0.25) is 9.59 Å². The van der Waals surface area contributed by atoms with Gasteiger partial charge in [0.1, 0.15) is 0 Å². The first-order chi connectivity index (χ1) is 12.0. The van der Waals surface area contributed by atoms with E-state index < -0.39 is 17.7 Å². The average Bonchev–Trinajstić information content (AvgIpc) is 2.65. The maximum absolute atomic E-state index is 11.9. The number of hydrogen-bond donors (Lipinski definition) is 2. The number of aliphatic hydroxyl groups is 1. The molecule has 5 nitrogen and oxygen atoms in total. The Morgan fingerprint density at radius 1 is 0.960 bits per heavy atom. The molecule has 128 valence electrons. The average molecular weight is 338 g/mol. The minimum atomic E-state index is -1.75. The molecule has 0 amide bonds. The highest BCUT2D eigenvalue weighted by Gasteiger charge is 2.18. The SMILES string of the molecule is COc1cc(C=CC(=O)C(O)C(=O)C=Cc2ccccc2)ccc1O. The van der Waals surface area contributed by atoms with E-state index >= 15 is 0 Å². The third-order valence-corrected chi connectivity index (χ3v) is 3.42. The van der Waals surface area contributed by atoms with Crippen LogP contribution in [0.25, 0.3) is 12.2 Å². The van der Waals surface area contributed by atoms with Gasteiger partial charge in [0.25, 0.3) is 0 Å². The van der Waals surface area contributed by atoms with Crippen molar-refractivity contribution < 1.29 is 24.5 Å². The van der Waals surface area contributed by atoms with Crippen LogP contribution >= 0.6 is 0 Å². The van der Waals surface area contributed by atoms with Gasteiger partial charge in [0, 0.05) is 0 Å². The Morgan fingerprint density at radius 3 is 2.16 bits per heavy atom. The first kappa shape index (κ1) is 18.2. The van der Waals surface area contributed by atoms with Gasteiger partial charge >= 0.3 is 0 Å². The monoisotopic (exact) mass is 338 g/mol. The Balaban J connectivity index is 2.02. The highest BCUT2D eigenvalue weighted by molar-refractivity contribution is 6.15. The third kappa shape index (κ3) is 5.16. The predicted molar refractivity (Wildman–Crippen MR) is 95.2 cm³/mol. The molecule has 0 radical (unpaired) electrons. The number of carbonyl (C=O) groups is 2. The predicted octanol–water partition coefficient (Wildman–Crippen LogP) is 2.63. The molecule has 1 unspecified atom stereocenters. The second-order valence-corrected chi connectivity index (χ2v) is 5.22. The molecule has 0 saturated heterocycles. The van der Waals surface area contributed by atoms with Gasteiger partial charge in [-0.15, -0.1) is 0 Å². The van der Waals surface area contributed by atoms with Crippen molar-refractivity contribution >= 4 is 23.7 Å². The number of benzene rings is 2. The highest BCUT2D eigenvalue weighted by atomic mass is 16.5. The number of aliphatic hydroxyl groups excluding tert-OH is 1. The summed E-state index contributed by atoms with van der Waals surface area (Å²) in [5.41, 5.74) is 1.38. The molecule has 0 aliphatic heterocycles. The van der Waals surface area contributed by atoms with Crippen LogP contribution in [0.5, 0.6) is 11.5 Å². The van der Waals surface area contributed by atoms with E-state index in [-0.39, 0.29) is 11.5 Å². The molecule has 2 aromatic rings. The molecule has 2 aromatic carbocycles. The minimum Gasteiger partial charge on any atom is -0.504 e. The lowest BCUT2D eigenvalue weighted by atomic mass is 10.1. The van der Waals surface area contributed by atoms with Crippen LogP contribution in [-0.4, -0.2) is 35.0 Å².